The van der Waals surface area contributed by atoms with Crippen LogP contribution in [0.25, 0.3) is 10.9 Å². The minimum Gasteiger partial charge on any atom is -0.487 e. The Kier molecular flexibility index (Phi) is 5.99. The number of hydrogen-bond acceptors (Lipinski definition) is 4. The molecule has 1 aromatic heterocycles. The molecule has 33 heavy (non-hydrogen) atoms. The van der Waals surface area contributed by atoms with Crippen LogP contribution in [0.15, 0.2) is 83.7 Å². The Labute approximate surface area is 193 Å². The van der Waals surface area contributed by atoms with E-state index in [1.54, 1.807) is 6.07 Å². The number of rotatable bonds is 7. The predicted octanol–water partition coefficient (Wildman–Crippen LogP) is 4.46. The number of aromatic nitrogens is 1. The van der Waals surface area contributed by atoms with Crippen LogP contribution in [0, 0.1) is 0 Å². The molecule has 1 aliphatic rings. The van der Waals surface area contributed by atoms with Crippen LogP contribution < -0.4 is 15.6 Å². The van der Waals surface area contributed by atoms with Crippen LogP contribution in [0.5, 0.6) is 5.75 Å². The largest absolute Gasteiger partial charge is 0.487 e. The second kappa shape index (κ2) is 9.22. The Morgan fingerprint density at radius 1 is 1.03 bits per heavy atom. The minimum atomic E-state index is -0.711. The maximum Gasteiger partial charge on any atom is 0.248 e. The maximum atomic E-state index is 12.0. The molecule has 1 heterocycles. The van der Waals surface area contributed by atoms with E-state index in [4.69, 9.17) is 4.74 Å². The van der Waals surface area contributed by atoms with Gasteiger partial charge in [-0.1, -0.05) is 67.6 Å². The molecular formula is C28H28N2O3. The molecule has 0 saturated carbocycles. The van der Waals surface area contributed by atoms with E-state index in [9.17, 15) is 9.90 Å². The van der Waals surface area contributed by atoms with Crippen molar-refractivity contribution in [1.29, 1.82) is 0 Å². The van der Waals surface area contributed by atoms with E-state index >= 15 is 0 Å². The number of H-pyrrole nitrogens is 1. The molecule has 0 radical (unpaired) electrons. The standard InChI is InChI=1S/C28H28N2O3/c1-18-21-10-6-5-9-20(21)15-24(18)29-16-25(31)22-11-13-26(28-23(22)12-14-27(32)30-28)33-17-19-7-3-2-4-8-19/h2-14,18,24-25,29,31H,15-17H2,1H3,(H,30,32)/t18-,24-,25-/m0/s1. The molecule has 0 spiro atoms. The molecule has 5 nitrogen and oxygen atoms in total. The summed E-state index contributed by atoms with van der Waals surface area (Å²) >= 11 is 0. The molecule has 0 bridgehead atoms. The smallest absolute Gasteiger partial charge is 0.248 e. The van der Waals surface area contributed by atoms with Gasteiger partial charge >= 0.3 is 0 Å². The molecule has 0 unspecified atom stereocenters. The topological polar surface area (TPSA) is 74.3 Å². The molecule has 168 valence electrons. The van der Waals surface area contributed by atoms with E-state index in [2.05, 4.69) is 41.5 Å². The molecule has 4 aromatic rings. The van der Waals surface area contributed by atoms with Crippen molar-refractivity contribution in [1.82, 2.24) is 10.3 Å². The van der Waals surface area contributed by atoms with Crippen LogP contribution in [0.2, 0.25) is 0 Å². The average molecular weight is 441 g/mol. The fraction of sp³-hybridized carbons (Fsp3) is 0.250. The lowest BCUT2D eigenvalue weighted by Crippen LogP contribution is -2.35. The van der Waals surface area contributed by atoms with Crippen LogP contribution in [-0.4, -0.2) is 22.7 Å². The second-order valence-corrected chi connectivity index (χ2v) is 8.76. The van der Waals surface area contributed by atoms with Gasteiger partial charge < -0.3 is 20.1 Å². The molecule has 3 N–H and O–H groups in total. The van der Waals surface area contributed by atoms with Gasteiger partial charge in [-0.15, -0.1) is 0 Å². The van der Waals surface area contributed by atoms with E-state index in [1.807, 2.05) is 42.5 Å². The lowest BCUT2D eigenvalue weighted by Gasteiger charge is -2.22. The number of ether oxygens (including phenoxy) is 1. The van der Waals surface area contributed by atoms with Gasteiger partial charge in [-0.3, -0.25) is 4.79 Å². The molecular weight excluding hydrogens is 412 g/mol. The molecule has 0 amide bonds. The Bertz CT molecular complexity index is 1320. The number of hydrogen-bond donors (Lipinski definition) is 3. The van der Waals surface area contributed by atoms with Gasteiger partial charge in [-0.05, 0) is 46.7 Å². The summed E-state index contributed by atoms with van der Waals surface area (Å²) in [5.41, 5.74) is 4.98. The van der Waals surface area contributed by atoms with E-state index in [0.29, 0.717) is 30.3 Å². The third-order valence-corrected chi connectivity index (χ3v) is 6.65. The first kappa shape index (κ1) is 21.4. The van der Waals surface area contributed by atoms with Gasteiger partial charge in [0, 0.05) is 24.0 Å². The number of benzene rings is 3. The summed E-state index contributed by atoms with van der Waals surface area (Å²) in [6.07, 6.45) is 0.252. The zero-order valence-electron chi connectivity index (χ0n) is 18.6. The SMILES string of the molecule is C[C@H]1c2ccccc2C[C@@H]1NC[C@H](O)c1ccc(OCc2ccccc2)c2[nH]c(=O)ccc12. The molecule has 0 saturated heterocycles. The first-order chi connectivity index (χ1) is 16.1. The second-order valence-electron chi connectivity index (χ2n) is 8.76. The van der Waals surface area contributed by atoms with E-state index < -0.39 is 6.10 Å². The summed E-state index contributed by atoms with van der Waals surface area (Å²) in [7, 11) is 0. The zero-order valence-corrected chi connectivity index (χ0v) is 18.6. The molecule has 0 aliphatic heterocycles. The number of pyridine rings is 1. The Hall–Kier alpha value is -3.41. The zero-order chi connectivity index (χ0) is 22.8. The van der Waals surface area contributed by atoms with Gasteiger partial charge in [0.2, 0.25) is 5.56 Å². The summed E-state index contributed by atoms with van der Waals surface area (Å²) in [6, 6.07) is 25.7. The third-order valence-electron chi connectivity index (χ3n) is 6.65. The predicted molar refractivity (Wildman–Crippen MR) is 131 cm³/mol. The van der Waals surface area contributed by atoms with Gasteiger partial charge in [-0.25, -0.2) is 0 Å². The maximum absolute atomic E-state index is 12.0. The summed E-state index contributed by atoms with van der Waals surface area (Å²) in [5, 5.41) is 15.4. The van der Waals surface area contributed by atoms with Gasteiger partial charge in [0.05, 0.1) is 11.6 Å². The lowest BCUT2D eigenvalue weighted by atomic mass is 9.99. The molecule has 5 rings (SSSR count). The third kappa shape index (κ3) is 4.42. The fourth-order valence-corrected chi connectivity index (χ4v) is 4.81. The monoisotopic (exact) mass is 440 g/mol. The summed E-state index contributed by atoms with van der Waals surface area (Å²) < 4.78 is 6.02. The first-order valence-corrected chi connectivity index (χ1v) is 11.4. The van der Waals surface area contributed by atoms with E-state index in [-0.39, 0.29) is 11.6 Å². The van der Waals surface area contributed by atoms with Gasteiger partial charge in [0.1, 0.15) is 12.4 Å². The Morgan fingerprint density at radius 3 is 2.64 bits per heavy atom. The lowest BCUT2D eigenvalue weighted by molar-refractivity contribution is 0.170. The molecule has 1 aliphatic carbocycles. The molecule has 5 heteroatoms. The van der Waals surface area contributed by atoms with E-state index in [1.165, 1.54) is 17.2 Å². The highest BCUT2D eigenvalue weighted by Crippen LogP contribution is 2.34. The van der Waals surface area contributed by atoms with Crippen molar-refractivity contribution in [2.75, 3.05) is 6.54 Å². The Balaban J connectivity index is 1.34. The number of fused-ring (bicyclic) bond motifs is 2. The highest BCUT2D eigenvalue weighted by Gasteiger charge is 2.29. The van der Waals surface area contributed by atoms with Crippen molar-refractivity contribution in [3.05, 3.63) is 111 Å². The quantitative estimate of drug-likeness (QED) is 0.397. The van der Waals surface area contributed by atoms with Gasteiger partial charge in [0.15, 0.2) is 0 Å². The van der Waals surface area contributed by atoms with Crippen LogP contribution in [-0.2, 0) is 13.0 Å². The summed E-state index contributed by atoms with van der Waals surface area (Å²) in [5.74, 6) is 0.991. The van der Waals surface area contributed by atoms with Crippen molar-refractivity contribution in [2.45, 2.75) is 38.0 Å². The number of nitrogens with one attached hydrogen (secondary N) is 2. The van der Waals surface area contributed by atoms with Crippen molar-refractivity contribution in [2.24, 2.45) is 0 Å². The van der Waals surface area contributed by atoms with Crippen molar-refractivity contribution < 1.29 is 9.84 Å². The molecule has 3 aromatic carbocycles. The number of aliphatic hydroxyl groups is 1. The highest BCUT2D eigenvalue weighted by molar-refractivity contribution is 5.87. The normalized spacial score (nSPS) is 18.2. The van der Waals surface area contributed by atoms with E-state index in [0.717, 1.165) is 22.9 Å². The average Bonchev–Trinajstić information content (AvgIpc) is 3.17. The van der Waals surface area contributed by atoms with Gasteiger partial charge in [0.25, 0.3) is 0 Å². The Morgan fingerprint density at radius 2 is 1.82 bits per heavy atom. The summed E-state index contributed by atoms with van der Waals surface area (Å²) in [6.45, 7) is 3.06. The van der Waals surface area contributed by atoms with Crippen LogP contribution in [0.1, 0.15) is 41.2 Å². The number of aromatic amines is 1. The van der Waals surface area contributed by atoms with Crippen molar-refractivity contribution in [3.63, 3.8) is 0 Å². The minimum absolute atomic E-state index is 0.200. The molecule has 3 atom stereocenters. The van der Waals surface area contributed by atoms with Gasteiger partial charge in [-0.2, -0.15) is 0 Å². The van der Waals surface area contributed by atoms with Crippen LogP contribution in [0.3, 0.4) is 0 Å². The fourth-order valence-electron chi connectivity index (χ4n) is 4.81. The van der Waals surface area contributed by atoms with Crippen molar-refractivity contribution in [3.8, 4) is 5.75 Å². The van der Waals surface area contributed by atoms with Crippen LogP contribution in [0.4, 0.5) is 0 Å². The molecule has 0 fully saturated rings. The highest BCUT2D eigenvalue weighted by atomic mass is 16.5. The van der Waals surface area contributed by atoms with Crippen molar-refractivity contribution >= 4 is 10.9 Å². The summed E-state index contributed by atoms with van der Waals surface area (Å²) in [4.78, 5) is 14.9. The van der Waals surface area contributed by atoms with Crippen LogP contribution >= 0.6 is 0 Å². The first-order valence-electron chi connectivity index (χ1n) is 11.4. The number of aliphatic hydroxyl groups excluding tert-OH is 1.